The van der Waals surface area contributed by atoms with E-state index in [2.05, 4.69) is 25.5 Å². The van der Waals surface area contributed by atoms with Crippen molar-refractivity contribution in [1.29, 1.82) is 0 Å². The molecule has 2 heteroatoms. The lowest BCUT2D eigenvalue weighted by Crippen LogP contribution is -2.19. The monoisotopic (exact) mass is 133 g/mol. The van der Waals surface area contributed by atoms with Gasteiger partial charge in [-0.1, -0.05) is 6.92 Å². The second-order valence-corrected chi connectivity index (χ2v) is 3.21. The van der Waals surface area contributed by atoms with Crippen LogP contribution < -0.4 is 0 Å². The topological polar surface area (TPSA) is 3.24 Å². The first kappa shape index (κ1) is 8.39. The van der Waals surface area contributed by atoms with Crippen molar-refractivity contribution in [1.82, 2.24) is 4.90 Å². The Labute approximate surface area is 54.2 Å². The molecule has 0 aliphatic rings. The van der Waals surface area contributed by atoms with E-state index in [0.29, 0.717) is 0 Å². The van der Waals surface area contributed by atoms with E-state index in [1.165, 1.54) is 19.3 Å². The lowest BCUT2D eigenvalue weighted by molar-refractivity contribution is 0.376. The van der Waals surface area contributed by atoms with Crippen LogP contribution in [0.1, 0.15) is 6.92 Å². The summed E-state index contributed by atoms with van der Waals surface area (Å²) in [4.78, 5) is 2.34. The third-order valence-electron chi connectivity index (χ3n) is 1.28. The predicted octanol–water partition coefficient (Wildman–Crippen LogP) is 1.25. The molecule has 0 amide bonds. The largest absolute Gasteiger partial charge is 0.306 e. The highest BCUT2D eigenvalue weighted by molar-refractivity contribution is 7.37. The van der Waals surface area contributed by atoms with Crippen molar-refractivity contribution in [3.8, 4) is 0 Å². The number of nitrogens with zero attached hydrogens (tertiary/aromatic N) is 1. The van der Waals surface area contributed by atoms with Gasteiger partial charge in [-0.05, 0) is 26.4 Å². The molecule has 1 nitrogen and oxygen atoms in total. The van der Waals surface area contributed by atoms with Crippen LogP contribution in [0.3, 0.4) is 0 Å². The average molecular weight is 133 g/mol. The van der Waals surface area contributed by atoms with E-state index in [1.54, 1.807) is 0 Å². The van der Waals surface area contributed by atoms with Crippen molar-refractivity contribution in [3.63, 3.8) is 0 Å². The van der Waals surface area contributed by atoms with Crippen LogP contribution in [0.15, 0.2) is 0 Å². The molecule has 0 aliphatic carbocycles. The third kappa shape index (κ3) is 4.55. The van der Waals surface area contributed by atoms with Crippen molar-refractivity contribution in [2.24, 2.45) is 0 Å². The maximum Gasteiger partial charge on any atom is 0.00150 e. The van der Waals surface area contributed by atoms with Gasteiger partial charge >= 0.3 is 0 Å². The second kappa shape index (κ2) is 5.53. The predicted molar refractivity (Wildman–Crippen MR) is 42.3 cm³/mol. The zero-order valence-corrected chi connectivity index (χ0v) is 7.07. The molecule has 0 aromatic carbocycles. The van der Waals surface area contributed by atoms with Crippen LogP contribution in [0.25, 0.3) is 0 Å². The SMILES string of the molecule is CCN(C)CCPC. The quantitative estimate of drug-likeness (QED) is 0.522. The zero-order chi connectivity index (χ0) is 6.41. The lowest BCUT2D eigenvalue weighted by atomic mass is 10.6. The third-order valence-corrected chi connectivity index (χ3v) is 2.01. The molecule has 0 aromatic heterocycles. The summed E-state index contributed by atoms with van der Waals surface area (Å²) < 4.78 is 0. The van der Waals surface area contributed by atoms with E-state index in [9.17, 15) is 0 Å². The summed E-state index contributed by atoms with van der Waals surface area (Å²) >= 11 is 0. The van der Waals surface area contributed by atoms with E-state index in [1.807, 2.05) is 0 Å². The van der Waals surface area contributed by atoms with E-state index in [4.69, 9.17) is 0 Å². The van der Waals surface area contributed by atoms with Gasteiger partial charge in [0.1, 0.15) is 0 Å². The highest BCUT2D eigenvalue weighted by atomic mass is 31.1. The standard InChI is InChI=1S/C6H16NP/c1-4-7(2)5-6-8-3/h8H,4-6H2,1-3H3. The fourth-order valence-corrected chi connectivity index (χ4v) is 1.07. The molecule has 0 radical (unpaired) electrons. The van der Waals surface area contributed by atoms with Gasteiger partial charge in [0.05, 0.1) is 0 Å². The molecule has 0 aromatic rings. The molecule has 0 heterocycles. The highest BCUT2D eigenvalue weighted by Gasteiger charge is 1.89. The Morgan fingerprint density at radius 2 is 2.12 bits per heavy atom. The molecule has 1 atom stereocenters. The molecule has 0 saturated heterocycles. The van der Waals surface area contributed by atoms with Gasteiger partial charge in [0.2, 0.25) is 0 Å². The molecule has 0 bridgehead atoms. The summed E-state index contributed by atoms with van der Waals surface area (Å²) in [6.45, 7) is 6.90. The van der Waals surface area contributed by atoms with Crippen LogP contribution in [-0.4, -0.2) is 37.9 Å². The number of hydrogen-bond donors (Lipinski definition) is 0. The first-order valence-electron chi connectivity index (χ1n) is 3.14. The summed E-state index contributed by atoms with van der Waals surface area (Å²) in [6, 6.07) is 0. The fourth-order valence-electron chi connectivity index (χ4n) is 0.461. The van der Waals surface area contributed by atoms with Crippen molar-refractivity contribution in [2.75, 3.05) is 33.0 Å². The average Bonchev–Trinajstić information content (AvgIpc) is 1.83. The molecule has 0 rings (SSSR count). The number of hydrogen-bond acceptors (Lipinski definition) is 1. The van der Waals surface area contributed by atoms with Crippen molar-refractivity contribution in [2.45, 2.75) is 6.92 Å². The van der Waals surface area contributed by atoms with E-state index in [-0.39, 0.29) is 0 Å². The Bertz CT molecular complexity index is 47.8. The van der Waals surface area contributed by atoms with Gasteiger partial charge in [-0.3, -0.25) is 0 Å². The van der Waals surface area contributed by atoms with Crippen LogP contribution in [0.4, 0.5) is 0 Å². The van der Waals surface area contributed by atoms with Crippen LogP contribution >= 0.6 is 8.58 Å². The van der Waals surface area contributed by atoms with Crippen LogP contribution in [0.2, 0.25) is 0 Å². The molecule has 0 spiro atoms. The Morgan fingerprint density at radius 3 is 2.50 bits per heavy atom. The summed E-state index contributed by atoms with van der Waals surface area (Å²) in [5.41, 5.74) is 0. The second-order valence-electron chi connectivity index (χ2n) is 2.00. The van der Waals surface area contributed by atoms with Gasteiger partial charge < -0.3 is 4.90 Å². The molecular formula is C6H16NP. The van der Waals surface area contributed by atoms with E-state index >= 15 is 0 Å². The minimum Gasteiger partial charge on any atom is -0.306 e. The van der Waals surface area contributed by atoms with Gasteiger partial charge in [-0.25, -0.2) is 0 Å². The smallest absolute Gasteiger partial charge is 0.00150 e. The lowest BCUT2D eigenvalue weighted by Gasteiger charge is -2.11. The zero-order valence-electron chi connectivity index (χ0n) is 6.07. The fraction of sp³-hybridized carbons (Fsp3) is 1.00. The molecule has 0 aliphatic heterocycles. The first-order valence-corrected chi connectivity index (χ1v) is 4.85. The number of rotatable bonds is 4. The van der Waals surface area contributed by atoms with Gasteiger partial charge in [0.25, 0.3) is 0 Å². The maximum atomic E-state index is 2.34. The molecule has 50 valence electrons. The molecule has 0 N–H and O–H groups in total. The van der Waals surface area contributed by atoms with E-state index in [0.717, 1.165) is 8.58 Å². The summed E-state index contributed by atoms with van der Waals surface area (Å²) in [6.07, 6.45) is 1.37. The van der Waals surface area contributed by atoms with Gasteiger partial charge in [0, 0.05) is 6.54 Å². The van der Waals surface area contributed by atoms with Crippen LogP contribution in [-0.2, 0) is 0 Å². The Morgan fingerprint density at radius 1 is 1.50 bits per heavy atom. The van der Waals surface area contributed by atoms with E-state index < -0.39 is 0 Å². The molecule has 0 saturated carbocycles. The highest BCUT2D eigenvalue weighted by Crippen LogP contribution is 2.00. The van der Waals surface area contributed by atoms with Gasteiger partial charge in [0.15, 0.2) is 0 Å². The van der Waals surface area contributed by atoms with Crippen LogP contribution in [0.5, 0.6) is 0 Å². The van der Waals surface area contributed by atoms with Gasteiger partial charge in [-0.15, -0.1) is 8.58 Å². The molecular weight excluding hydrogens is 117 g/mol. The van der Waals surface area contributed by atoms with Crippen molar-refractivity contribution in [3.05, 3.63) is 0 Å². The molecule has 8 heavy (non-hydrogen) atoms. The molecule has 0 fully saturated rings. The summed E-state index contributed by atoms with van der Waals surface area (Å²) in [5.74, 6) is 0. The Kier molecular flexibility index (Phi) is 5.79. The Hall–Kier alpha value is 0.390. The minimum absolute atomic E-state index is 1.11. The van der Waals surface area contributed by atoms with Crippen molar-refractivity contribution < 1.29 is 0 Å². The summed E-state index contributed by atoms with van der Waals surface area (Å²) in [5, 5.41) is 0. The molecule has 1 unspecified atom stereocenters. The minimum atomic E-state index is 1.11. The first-order chi connectivity index (χ1) is 3.81. The van der Waals surface area contributed by atoms with Gasteiger partial charge in [-0.2, -0.15) is 0 Å². The normalized spacial score (nSPS) is 12.0. The maximum absolute atomic E-state index is 2.34. The van der Waals surface area contributed by atoms with Crippen molar-refractivity contribution >= 4 is 8.58 Å². The summed E-state index contributed by atoms with van der Waals surface area (Å²) in [7, 11) is 3.28. The Balaban J connectivity index is 2.86. The van der Waals surface area contributed by atoms with Crippen LogP contribution in [0, 0.1) is 0 Å².